The zero-order valence-electron chi connectivity index (χ0n) is 19.2. The Hall–Kier alpha value is -2.48. The molecule has 2 aliphatic carbocycles. The summed E-state index contributed by atoms with van der Waals surface area (Å²) >= 11 is 1.66. The van der Waals surface area contributed by atoms with Crippen LogP contribution in [0, 0.1) is 5.41 Å². The minimum atomic E-state index is 0. The van der Waals surface area contributed by atoms with Crippen LogP contribution in [0.2, 0.25) is 0 Å². The van der Waals surface area contributed by atoms with Crippen LogP contribution in [-0.4, -0.2) is 28.2 Å². The lowest BCUT2D eigenvalue weighted by atomic mass is 9.79. The lowest BCUT2D eigenvalue weighted by molar-refractivity contribution is 0.256. The average molecular weight is 469 g/mol. The van der Waals surface area contributed by atoms with Crippen LogP contribution in [0.15, 0.2) is 47.5 Å². The van der Waals surface area contributed by atoms with E-state index in [4.69, 9.17) is 10.7 Å². The maximum Gasteiger partial charge on any atom is 0.183 e. The van der Waals surface area contributed by atoms with E-state index in [9.17, 15) is 0 Å². The summed E-state index contributed by atoms with van der Waals surface area (Å²) in [7, 11) is 0. The van der Waals surface area contributed by atoms with Crippen LogP contribution in [0.5, 0.6) is 0 Å². The fraction of sp³-hybridized carbons (Fsp3) is 0.462. The summed E-state index contributed by atoms with van der Waals surface area (Å²) in [6.07, 6.45) is 13.2. The molecule has 0 saturated heterocycles. The second-order valence-corrected chi connectivity index (χ2v) is 10.4. The Bertz CT molecular complexity index is 1070. The van der Waals surface area contributed by atoms with Gasteiger partial charge < -0.3 is 22.0 Å². The third-order valence-corrected chi connectivity index (χ3v) is 8.08. The van der Waals surface area contributed by atoms with E-state index >= 15 is 0 Å². The molecule has 33 heavy (non-hydrogen) atoms. The van der Waals surface area contributed by atoms with Crippen molar-refractivity contribution < 1.29 is 11.0 Å². The van der Waals surface area contributed by atoms with Gasteiger partial charge in [0.1, 0.15) is 0 Å². The Morgan fingerprint density at radius 3 is 2.48 bits per heavy atom. The smallest absolute Gasteiger partial charge is 0.183 e. The number of nitrogen functional groups attached to an aromatic ring is 1. The molecular weight excluding hydrogens is 432 g/mol. The number of aliphatic imine (C=N–C) groups is 1. The molecule has 5 rings (SSSR count). The van der Waals surface area contributed by atoms with Gasteiger partial charge in [0.05, 0.1) is 15.9 Å². The third kappa shape index (κ3) is 6.10. The highest BCUT2D eigenvalue weighted by atomic mass is 32.1. The molecule has 0 atom stereocenters. The van der Waals surface area contributed by atoms with Crippen LogP contribution >= 0.6 is 11.3 Å². The minimum Gasteiger partial charge on any atom is -0.412 e. The molecule has 7 heteroatoms. The number of nitrogens with one attached hydrogen (secondary N) is 1. The fourth-order valence-electron chi connectivity index (χ4n) is 5.31. The molecule has 2 saturated carbocycles. The van der Waals surface area contributed by atoms with Gasteiger partial charge in [0.25, 0.3) is 0 Å². The highest BCUT2D eigenvalue weighted by molar-refractivity contribution is 7.22. The number of hydrogen-bond acceptors (Lipinski definition) is 5. The molecule has 6 nitrogen and oxygen atoms in total. The average Bonchev–Trinajstić information content (AvgIpc) is 3.34. The summed E-state index contributed by atoms with van der Waals surface area (Å²) in [4.78, 5) is 9.65. The normalized spacial score (nSPS) is 18.6. The number of aromatic nitrogens is 1. The zero-order chi connectivity index (χ0) is 21.1. The van der Waals surface area contributed by atoms with Crippen LogP contribution < -0.4 is 11.1 Å². The molecule has 0 unspecified atom stereocenters. The highest BCUT2D eigenvalue weighted by Gasteiger charge is 2.34. The van der Waals surface area contributed by atoms with Gasteiger partial charge in [-0.05, 0) is 92.7 Å². The number of hydrogen-bond donors (Lipinski definition) is 2. The summed E-state index contributed by atoms with van der Waals surface area (Å²) in [5.74, 6) is 0. The molecule has 0 bridgehead atoms. The second kappa shape index (κ2) is 11.1. The Labute approximate surface area is 200 Å². The summed E-state index contributed by atoms with van der Waals surface area (Å²) in [6, 6.07) is 14.7. The Morgan fingerprint density at radius 1 is 0.939 bits per heavy atom. The van der Waals surface area contributed by atoms with E-state index in [-0.39, 0.29) is 11.0 Å². The molecule has 0 aliphatic heterocycles. The van der Waals surface area contributed by atoms with Crippen molar-refractivity contribution in [2.75, 3.05) is 17.6 Å². The first-order valence-corrected chi connectivity index (χ1v) is 12.5. The van der Waals surface area contributed by atoms with E-state index in [2.05, 4.69) is 34.6 Å². The van der Waals surface area contributed by atoms with Crippen molar-refractivity contribution in [2.45, 2.75) is 64.2 Å². The van der Waals surface area contributed by atoms with Crippen molar-refractivity contribution in [3.8, 4) is 0 Å². The van der Waals surface area contributed by atoms with Gasteiger partial charge in [-0.15, -0.1) is 0 Å². The highest BCUT2D eigenvalue weighted by Crippen LogP contribution is 2.47. The number of nitrogens with two attached hydrogens (primary N) is 1. The summed E-state index contributed by atoms with van der Waals surface area (Å²) < 4.78 is 1.13. The first-order chi connectivity index (χ1) is 15.2. The molecule has 0 amide bonds. The molecule has 1 heterocycles. The van der Waals surface area contributed by atoms with Crippen molar-refractivity contribution in [1.29, 1.82) is 0 Å². The molecule has 1 aromatic heterocycles. The predicted octanol–water partition coefficient (Wildman–Crippen LogP) is 5.48. The molecule has 178 valence electrons. The lowest BCUT2D eigenvalue weighted by Gasteiger charge is -2.26. The van der Waals surface area contributed by atoms with E-state index in [0.29, 0.717) is 5.41 Å². The van der Waals surface area contributed by atoms with Gasteiger partial charge >= 0.3 is 0 Å². The van der Waals surface area contributed by atoms with Gasteiger partial charge in [-0.1, -0.05) is 36.3 Å². The number of anilines is 2. The van der Waals surface area contributed by atoms with Crippen molar-refractivity contribution in [1.82, 2.24) is 4.98 Å². The number of nitrogens with zero attached hydrogens (tertiary/aromatic N) is 2. The number of fused-ring (bicyclic) bond motifs is 1. The lowest BCUT2D eigenvalue weighted by Crippen LogP contribution is -2.14. The van der Waals surface area contributed by atoms with E-state index < -0.39 is 0 Å². The third-order valence-electron chi connectivity index (χ3n) is 7.11. The molecule has 3 aromatic rings. The summed E-state index contributed by atoms with van der Waals surface area (Å²) in [5, 5.41) is 4.41. The van der Waals surface area contributed by atoms with Crippen molar-refractivity contribution >= 4 is 43.8 Å². The summed E-state index contributed by atoms with van der Waals surface area (Å²) in [5.41, 5.74) is 12.2. The topological polar surface area (TPSA) is 126 Å². The maximum atomic E-state index is 5.86. The predicted molar refractivity (Wildman–Crippen MR) is 141 cm³/mol. The van der Waals surface area contributed by atoms with Crippen molar-refractivity contribution in [3.63, 3.8) is 0 Å². The maximum absolute atomic E-state index is 5.86. The SMILES string of the molecule is Nc1ccc2nc(NCCc3ccc(N=C4CCCC5(CCCC5)CC4)cc3)sc2c1.O.O. The standard InChI is InChI=1S/C26H32N4S.2H2O/c27-20-7-10-23-24(18-20)31-25(30-23)28-17-12-19-5-8-22(9-6-19)29-21-4-3-15-26(16-11-21)13-1-2-14-26;;/h5-10,18H,1-4,11-17,27H2,(H,28,30);2*1H2. The zero-order valence-corrected chi connectivity index (χ0v) is 20.0. The Balaban J connectivity index is 0.00000153. The Morgan fingerprint density at radius 2 is 1.70 bits per heavy atom. The van der Waals surface area contributed by atoms with Gasteiger partial charge in [-0.3, -0.25) is 4.99 Å². The van der Waals surface area contributed by atoms with E-state index in [1.807, 2.05) is 18.2 Å². The molecule has 0 radical (unpaired) electrons. The molecule has 1 spiro atoms. The van der Waals surface area contributed by atoms with Gasteiger partial charge in [0.15, 0.2) is 5.13 Å². The first-order valence-electron chi connectivity index (χ1n) is 11.7. The van der Waals surface area contributed by atoms with Crippen LogP contribution in [0.4, 0.5) is 16.5 Å². The van der Waals surface area contributed by atoms with Crippen LogP contribution in [-0.2, 0) is 6.42 Å². The number of thiazole rings is 1. The van der Waals surface area contributed by atoms with Crippen LogP contribution in [0.3, 0.4) is 0 Å². The van der Waals surface area contributed by atoms with Gasteiger partial charge in [0.2, 0.25) is 0 Å². The molecule has 2 aromatic carbocycles. The monoisotopic (exact) mass is 468 g/mol. The van der Waals surface area contributed by atoms with Gasteiger partial charge in [-0.25, -0.2) is 4.98 Å². The minimum absolute atomic E-state index is 0. The molecule has 2 aliphatic rings. The van der Waals surface area contributed by atoms with Crippen LogP contribution in [0.25, 0.3) is 10.2 Å². The Kier molecular flexibility index (Phi) is 8.46. The fourth-order valence-corrected chi connectivity index (χ4v) is 6.25. The first kappa shape index (κ1) is 25.1. The van der Waals surface area contributed by atoms with Crippen LogP contribution in [0.1, 0.15) is 63.4 Å². The van der Waals surface area contributed by atoms with Crippen molar-refractivity contribution in [3.05, 3.63) is 48.0 Å². The van der Waals surface area contributed by atoms with E-state index in [1.165, 1.54) is 69.1 Å². The van der Waals surface area contributed by atoms with Gasteiger partial charge in [0, 0.05) is 17.9 Å². The second-order valence-electron chi connectivity index (χ2n) is 9.33. The molecule has 7 N–H and O–H groups in total. The molecular formula is C26H36N4O2S. The van der Waals surface area contributed by atoms with Crippen molar-refractivity contribution in [2.24, 2.45) is 10.4 Å². The van der Waals surface area contributed by atoms with E-state index in [1.54, 1.807) is 11.3 Å². The largest absolute Gasteiger partial charge is 0.412 e. The molecule has 2 fully saturated rings. The van der Waals surface area contributed by atoms with Gasteiger partial charge in [-0.2, -0.15) is 0 Å². The number of benzene rings is 2. The number of rotatable bonds is 5. The van der Waals surface area contributed by atoms with E-state index in [0.717, 1.165) is 39.7 Å². The quantitative estimate of drug-likeness (QED) is 0.481. The summed E-state index contributed by atoms with van der Waals surface area (Å²) in [6.45, 7) is 0.866.